The second-order valence-corrected chi connectivity index (χ2v) is 6.64. The number of benzene rings is 2. The minimum absolute atomic E-state index is 0.111. The van der Waals surface area contributed by atoms with Gasteiger partial charge >= 0.3 is 5.97 Å². The molecule has 134 valence electrons. The molecule has 2 aromatic rings. The quantitative estimate of drug-likeness (QED) is 0.765. The predicted molar refractivity (Wildman–Crippen MR) is 96.1 cm³/mol. The fourth-order valence-corrected chi connectivity index (χ4v) is 2.28. The highest BCUT2D eigenvalue weighted by atomic mass is 16.5. The highest BCUT2D eigenvalue weighted by Crippen LogP contribution is 2.28. The molecule has 0 saturated heterocycles. The summed E-state index contributed by atoms with van der Waals surface area (Å²) >= 11 is 0. The molecule has 25 heavy (non-hydrogen) atoms. The van der Waals surface area contributed by atoms with Gasteiger partial charge in [-0.05, 0) is 41.3 Å². The molecule has 0 saturated carbocycles. The molecule has 0 heterocycles. The van der Waals surface area contributed by atoms with Gasteiger partial charge in [0.15, 0.2) is 11.5 Å². The SMILES string of the molecule is COc1cc(C(=O)O)ccc1OCCOc1ccc(C(C)(C)C)cc1. The van der Waals surface area contributed by atoms with Crippen LogP contribution in [0.25, 0.3) is 0 Å². The standard InChI is InChI=1S/C20H24O5/c1-20(2,3)15-6-8-16(9-7-15)24-11-12-25-17-10-5-14(19(21)22)13-18(17)23-4/h5-10,13H,11-12H2,1-4H3,(H,21,22). The van der Waals surface area contributed by atoms with Gasteiger partial charge in [-0.2, -0.15) is 0 Å². The average Bonchev–Trinajstić information content (AvgIpc) is 2.58. The number of carboxylic acids is 1. The van der Waals surface area contributed by atoms with Crippen molar-refractivity contribution in [2.75, 3.05) is 20.3 Å². The van der Waals surface area contributed by atoms with E-state index in [0.717, 1.165) is 5.75 Å². The Morgan fingerprint density at radius 3 is 2.16 bits per heavy atom. The zero-order valence-electron chi connectivity index (χ0n) is 15.0. The van der Waals surface area contributed by atoms with Crippen LogP contribution in [0.1, 0.15) is 36.7 Å². The van der Waals surface area contributed by atoms with Gasteiger partial charge in [0.2, 0.25) is 0 Å². The van der Waals surface area contributed by atoms with Gasteiger partial charge in [-0.1, -0.05) is 32.9 Å². The fraction of sp³-hybridized carbons (Fsp3) is 0.350. The molecular weight excluding hydrogens is 320 g/mol. The van der Waals surface area contributed by atoms with Gasteiger partial charge in [0, 0.05) is 0 Å². The summed E-state index contributed by atoms with van der Waals surface area (Å²) in [5.74, 6) is 0.644. The normalized spacial score (nSPS) is 11.0. The number of ether oxygens (including phenoxy) is 3. The van der Waals surface area contributed by atoms with Gasteiger partial charge in [-0.3, -0.25) is 0 Å². The number of methoxy groups -OCH3 is 1. The van der Waals surface area contributed by atoms with Crippen LogP contribution in [0, 0.1) is 0 Å². The lowest BCUT2D eigenvalue weighted by Crippen LogP contribution is -2.12. The molecule has 0 aliphatic rings. The molecule has 5 heteroatoms. The van der Waals surface area contributed by atoms with Crippen LogP contribution in [-0.4, -0.2) is 31.4 Å². The molecule has 0 aromatic heterocycles. The Morgan fingerprint density at radius 2 is 1.60 bits per heavy atom. The Labute approximate surface area is 148 Å². The topological polar surface area (TPSA) is 65.0 Å². The summed E-state index contributed by atoms with van der Waals surface area (Å²) in [6, 6.07) is 12.5. The molecular formula is C20H24O5. The summed E-state index contributed by atoms with van der Waals surface area (Å²) in [6.07, 6.45) is 0. The second-order valence-electron chi connectivity index (χ2n) is 6.64. The van der Waals surface area contributed by atoms with Gasteiger partial charge < -0.3 is 19.3 Å². The molecule has 0 amide bonds. The summed E-state index contributed by atoms with van der Waals surface area (Å²) in [4.78, 5) is 11.0. The number of hydrogen-bond donors (Lipinski definition) is 1. The van der Waals surface area contributed by atoms with Crippen LogP contribution in [0.4, 0.5) is 0 Å². The van der Waals surface area contributed by atoms with Crippen LogP contribution in [0.2, 0.25) is 0 Å². The van der Waals surface area contributed by atoms with Crippen LogP contribution in [0.5, 0.6) is 17.2 Å². The highest BCUT2D eigenvalue weighted by molar-refractivity contribution is 5.88. The first kappa shape index (κ1) is 18.6. The van der Waals surface area contributed by atoms with E-state index in [4.69, 9.17) is 19.3 Å². The molecule has 1 N–H and O–H groups in total. The van der Waals surface area contributed by atoms with Gasteiger partial charge in [0.1, 0.15) is 19.0 Å². The van der Waals surface area contributed by atoms with E-state index in [-0.39, 0.29) is 11.0 Å². The molecule has 0 spiro atoms. The van der Waals surface area contributed by atoms with Crippen molar-refractivity contribution in [1.82, 2.24) is 0 Å². The first-order chi connectivity index (χ1) is 11.8. The van der Waals surface area contributed by atoms with Crippen molar-refractivity contribution < 1.29 is 24.1 Å². The maximum atomic E-state index is 11.0. The number of carbonyl (C=O) groups is 1. The Hall–Kier alpha value is -2.69. The maximum absolute atomic E-state index is 11.0. The summed E-state index contributed by atoms with van der Waals surface area (Å²) in [6.45, 7) is 7.20. The van der Waals surface area contributed by atoms with E-state index in [1.165, 1.54) is 24.8 Å². The molecule has 0 atom stereocenters. The van der Waals surface area contributed by atoms with E-state index >= 15 is 0 Å². The molecule has 5 nitrogen and oxygen atoms in total. The maximum Gasteiger partial charge on any atom is 0.335 e. The summed E-state index contributed by atoms with van der Waals surface area (Å²) < 4.78 is 16.5. The molecule has 0 fully saturated rings. The monoisotopic (exact) mass is 344 g/mol. The summed E-state index contributed by atoms with van der Waals surface area (Å²) in [7, 11) is 1.47. The minimum atomic E-state index is -1.01. The Kier molecular flexibility index (Phi) is 5.91. The first-order valence-corrected chi connectivity index (χ1v) is 8.09. The molecule has 0 bridgehead atoms. The van der Waals surface area contributed by atoms with Crippen molar-refractivity contribution in [2.24, 2.45) is 0 Å². The van der Waals surface area contributed by atoms with Crippen molar-refractivity contribution >= 4 is 5.97 Å². The van der Waals surface area contributed by atoms with Gasteiger partial charge in [0.05, 0.1) is 12.7 Å². The van der Waals surface area contributed by atoms with Crippen molar-refractivity contribution in [2.45, 2.75) is 26.2 Å². The number of rotatable bonds is 7. The van der Waals surface area contributed by atoms with Gasteiger partial charge in [-0.25, -0.2) is 4.79 Å². The van der Waals surface area contributed by atoms with E-state index in [0.29, 0.717) is 24.7 Å². The van der Waals surface area contributed by atoms with E-state index < -0.39 is 5.97 Å². The van der Waals surface area contributed by atoms with Crippen LogP contribution in [-0.2, 0) is 5.41 Å². The molecule has 0 aliphatic carbocycles. The molecule has 0 aliphatic heterocycles. The third-order valence-corrected chi connectivity index (χ3v) is 3.74. The largest absolute Gasteiger partial charge is 0.493 e. The average molecular weight is 344 g/mol. The van der Waals surface area contributed by atoms with Gasteiger partial charge in [0.25, 0.3) is 0 Å². The molecule has 0 radical (unpaired) electrons. The van der Waals surface area contributed by atoms with Crippen LogP contribution in [0.3, 0.4) is 0 Å². The summed E-state index contributed by atoms with van der Waals surface area (Å²) in [5.41, 5.74) is 1.51. The Balaban J connectivity index is 1.88. The predicted octanol–water partition coefficient (Wildman–Crippen LogP) is 4.15. The smallest absolute Gasteiger partial charge is 0.335 e. The zero-order chi connectivity index (χ0) is 18.4. The van der Waals surface area contributed by atoms with E-state index in [2.05, 4.69) is 32.9 Å². The lowest BCUT2D eigenvalue weighted by atomic mass is 9.87. The summed E-state index contributed by atoms with van der Waals surface area (Å²) in [5, 5.41) is 8.99. The zero-order valence-corrected chi connectivity index (χ0v) is 15.0. The molecule has 2 rings (SSSR count). The highest BCUT2D eigenvalue weighted by Gasteiger charge is 2.13. The van der Waals surface area contributed by atoms with Crippen molar-refractivity contribution in [3.63, 3.8) is 0 Å². The molecule has 2 aromatic carbocycles. The Bertz CT molecular complexity index is 714. The third kappa shape index (κ3) is 5.14. The number of carboxylic acid groups (broad SMARTS) is 1. The third-order valence-electron chi connectivity index (χ3n) is 3.74. The lowest BCUT2D eigenvalue weighted by molar-refractivity contribution is 0.0696. The van der Waals surface area contributed by atoms with E-state index in [1.807, 2.05) is 12.1 Å². The van der Waals surface area contributed by atoms with Crippen LogP contribution >= 0.6 is 0 Å². The van der Waals surface area contributed by atoms with Crippen molar-refractivity contribution in [3.8, 4) is 17.2 Å². The second kappa shape index (κ2) is 7.92. The van der Waals surface area contributed by atoms with Crippen molar-refractivity contribution in [1.29, 1.82) is 0 Å². The van der Waals surface area contributed by atoms with Crippen LogP contribution < -0.4 is 14.2 Å². The minimum Gasteiger partial charge on any atom is -0.493 e. The fourth-order valence-electron chi connectivity index (χ4n) is 2.28. The van der Waals surface area contributed by atoms with Gasteiger partial charge in [-0.15, -0.1) is 0 Å². The van der Waals surface area contributed by atoms with Crippen LogP contribution in [0.15, 0.2) is 42.5 Å². The van der Waals surface area contributed by atoms with E-state index in [1.54, 1.807) is 6.07 Å². The molecule has 0 unspecified atom stereocenters. The first-order valence-electron chi connectivity index (χ1n) is 8.09. The Morgan fingerprint density at radius 1 is 0.960 bits per heavy atom. The van der Waals surface area contributed by atoms with E-state index in [9.17, 15) is 4.79 Å². The number of hydrogen-bond acceptors (Lipinski definition) is 4. The lowest BCUT2D eigenvalue weighted by Gasteiger charge is -2.19. The van der Waals surface area contributed by atoms with Crippen molar-refractivity contribution in [3.05, 3.63) is 53.6 Å². The number of aromatic carboxylic acids is 1.